The molecule has 0 unspecified atom stereocenters. The van der Waals surface area contributed by atoms with Gasteiger partial charge in [0.25, 0.3) is 0 Å². The van der Waals surface area contributed by atoms with Crippen LogP contribution in [0.1, 0.15) is 21.5 Å². The van der Waals surface area contributed by atoms with Gasteiger partial charge in [-0.2, -0.15) is 0 Å². The van der Waals surface area contributed by atoms with Crippen molar-refractivity contribution in [2.75, 3.05) is 12.0 Å². The van der Waals surface area contributed by atoms with E-state index in [-0.39, 0.29) is 5.56 Å². The normalized spacial score (nSPS) is 10.3. The van der Waals surface area contributed by atoms with Crippen molar-refractivity contribution in [3.05, 3.63) is 95.6 Å². The molecule has 0 heterocycles. The van der Waals surface area contributed by atoms with E-state index < -0.39 is 5.97 Å². The third-order valence-electron chi connectivity index (χ3n) is 4.21. The fourth-order valence-corrected chi connectivity index (χ4v) is 2.91. The minimum atomic E-state index is -0.997. The first-order valence-electron chi connectivity index (χ1n) is 8.41. The SMILES string of the molecule is COc1ccc(N(Cc2ccccc2)Cc2ccccc2)cc1C(=O)O. The molecule has 1 N–H and O–H groups in total. The number of hydrogen-bond donors (Lipinski definition) is 1. The topological polar surface area (TPSA) is 49.8 Å². The van der Waals surface area contributed by atoms with Gasteiger partial charge in [0.05, 0.1) is 7.11 Å². The summed E-state index contributed by atoms with van der Waals surface area (Å²) in [6, 6.07) is 25.6. The number of benzene rings is 3. The van der Waals surface area contributed by atoms with Crippen molar-refractivity contribution in [1.82, 2.24) is 0 Å². The van der Waals surface area contributed by atoms with E-state index in [1.165, 1.54) is 7.11 Å². The largest absolute Gasteiger partial charge is 0.496 e. The van der Waals surface area contributed by atoms with Gasteiger partial charge in [0.15, 0.2) is 0 Å². The van der Waals surface area contributed by atoms with Crippen molar-refractivity contribution in [3.8, 4) is 5.75 Å². The molecule has 0 aliphatic rings. The zero-order chi connectivity index (χ0) is 18.4. The van der Waals surface area contributed by atoms with Crippen molar-refractivity contribution in [3.63, 3.8) is 0 Å². The molecule has 0 bridgehead atoms. The Balaban J connectivity index is 1.96. The summed E-state index contributed by atoms with van der Waals surface area (Å²) in [6.07, 6.45) is 0. The molecule has 0 saturated carbocycles. The van der Waals surface area contributed by atoms with Crippen LogP contribution < -0.4 is 9.64 Å². The van der Waals surface area contributed by atoms with Crippen LogP contribution in [0.25, 0.3) is 0 Å². The van der Waals surface area contributed by atoms with E-state index in [4.69, 9.17) is 4.74 Å². The zero-order valence-electron chi connectivity index (χ0n) is 14.6. The Morgan fingerprint density at radius 2 is 1.42 bits per heavy atom. The Hall–Kier alpha value is -3.27. The molecular weight excluding hydrogens is 326 g/mol. The molecule has 132 valence electrons. The smallest absolute Gasteiger partial charge is 0.339 e. The van der Waals surface area contributed by atoms with Gasteiger partial charge in [0.2, 0.25) is 0 Å². The number of carboxylic acid groups (broad SMARTS) is 1. The number of methoxy groups -OCH3 is 1. The highest BCUT2D eigenvalue weighted by atomic mass is 16.5. The molecule has 0 aliphatic heterocycles. The van der Waals surface area contributed by atoms with E-state index in [0.29, 0.717) is 18.8 Å². The van der Waals surface area contributed by atoms with Crippen LogP contribution in [0, 0.1) is 0 Å². The Morgan fingerprint density at radius 3 is 1.88 bits per heavy atom. The minimum Gasteiger partial charge on any atom is -0.496 e. The Morgan fingerprint density at radius 1 is 0.885 bits per heavy atom. The van der Waals surface area contributed by atoms with Crippen LogP contribution >= 0.6 is 0 Å². The van der Waals surface area contributed by atoms with Crippen LogP contribution in [0.5, 0.6) is 5.75 Å². The monoisotopic (exact) mass is 347 g/mol. The molecule has 0 fully saturated rings. The highest BCUT2D eigenvalue weighted by molar-refractivity contribution is 5.92. The summed E-state index contributed by atoms with van der Waals surface area (Å²) in [7, 11) is 1.48. The average Bonchev–Trinajstić information content (AvgIpc) is 2.68. The molecule has 0 radical (unpaired) electrons. The highest BCUT2D eigenvalue weighted by Gasteiger charge is 2.15. The fourth-order valence-electron chi connectivity index (χ4n) is 2.91. The maximum Gasteiger partial charge on any atom is 0.339 e. The average molecular weight is 347 g/mol. The van der Waals surface area contributed by atoms with Crippen molar-refractivity contribution >= 4 is 11.7 Å². The number of nitrogens with zero attached hydrogens (tertiary/aromatic N) is 1. The molecule has 26 heavy (non-hydrogen) atoms. The first-order chi connectivity index (χ1) is 12.7. The molecule has 0 atom stereocenters. The Labute approximate surface area is 153 Å². The predicted molar refractivity (Wildman–Crippen MR) is 103 cm³/mol. The van der Waals surface area contributed by atoms with Crippen LogP contribution in [0.15, 0.2) is 78.9 Å². The highest BCUT2D eigenvalue weighted by Crippen LogP contribution is 2.27. The number of carbonyl (C=O) groups is 1. The van der Waals surface area contributed by atoms with Crippen molar-refractivity contribution in [2.45, 2.75) is 13.1 Å². The maximum absolute atomic E-state index is 11.6. The predicted octanol–water partition coefficient (Wildman–Crippen LogP) is 4.60. The summed E-state index contributed by atoms with van der Waals surface area (Å²) < 4.78 is 5.18. The molecule has 0 spiro atoms. The lowest BCUT2D eigenvalue weighted by atomic mass is 10.1. The van der Waals surface area contributed by atoms with Gasteiger partial charge in [0, 0.05) is 18.8 Å². The molecule has 4 heteroatoms. The van der Waals surface area contributed by atoms with Crippen LogP contribution in [0.3, 0.4) is 0 Å². The van der Waals surface area contributed by atoms with E-state index in [9.17, 15) is 9.90 Å². The molecule has 3 rings (SSSR count). The van der Waals surface area contributed by atoms with E-state index in [2.05, 4.69) is 29.2 Å². The van der Waals surface area contributed by atoms with E-state index in [1.54, 1.807) is 12.1 Å². The summed E-state index contributed by atoms with van der Waals surface area (Å²) in [4.78, 5) is 13.7. The van der Waals surface area contributed by atoms with Gasteiger partial charge >= 0.3 is 5.97 Å². The van der Waals surface area contributed by atoms with Crippen LogP contribution in [0.4, 0.5) is 5.69 Å². The first kappa shape index (κ1) is 17.5. The molecule has 4 nitrogen and oxygen atoms in total. The summed E-state index contributed by atoms with van der Waals surface area (Å²) in [5, 5.41) is 9.48. The van der Waals surface area contributed by atoms with E-state index in [0.717, 1.165) is 16.8 Å². The second-order valence-electron chi connectivity index (χ2n) is 6.02. The second-order valence-corrected chi connectivity index (χ2v) is 6.02. The summed E-state index contributed by atoms with van der Waals surface area (Å²) >= 11 is 0. The lowest BCUT2D eigenvalue weighted by Gasteiger charge is -2.26. The number of carboxylic acids is 1. The second kappa shape index (κ2) is 8.21. The number of rotatable bonds is 7. The molecular formula is C22H21NO3. The van der Waals surface area contributed by atoms with Gasteiger partial charge in [-0.05, 0) is 29.3 Å². The maximum atomic E-state index is 11.6. The standard InChI is InChI=1S/C22H21NO3/c1-26-21-13-12-19(14-20(21)22(24)25)23(15-17-8-4-2-5-9-17)16-18-10-6-3-7-11-18/h2-14H,15-16H2,1H3,(H,24,25). The quantitative estimate of drug-likeness (QED) is 0.678. The van der Waals surface area contributed by atoms with E-state index in [1.807, 2.05) is 42.5 Å². The van der Waals surface area contributed by atoms with Gasteiger partial charge in [-0.25, -0.2) is 4.79 Å². The lowest BCUT2D eigenvalue weighted by Crippen LogP contribution is -2.22. The Kier molecular flexibility index (Phi) is 5.54. The lowest BCUT2D eigenvalue weighted by molar-refractivity contribution is 0.0693. The van der Waals surface area contributed by atoms with Gasteiger partial charge in [0.1, 0.15) is 11.3 Å². The van der Waals surface area contributed by atoms with Gasteiger partial charge < -0.3 is 14.7 Å². The number of anilines is 1. The van der Waals surface area contributed by atoms with E-state index >= 15 is 0 Å². The summed E-state index contributed by atoms with van der Waals surface area (Å²) in [5.41, 5.74) is 3.33. The summed E-state index contributed by atoms with van der Waals surface area (Å²) in [6.45, 7) is 1.36. The number of aromatic carboxylic acids is 1. The third kappa shape index (κ3) is 4.22. The number of ether oxygens (including phenoxy) is 1. The van der Waals surface area contributed by atoms with Crippen LogP contribution in [0.2, 0.25) is 0 Å². The van der Waals surface area contributed by atoms with Gasteiger partial charge in [-0.1, -0.05) is 60.7 Å². The van der Waals surface area contributed by atoms with Crippen molar-refractivity contribution in [1.29, 1.82) is 0 Å². The van der Waals surface area contributed by atoms with Gasteiger partial charge in [-0.15, -0.1) is 0 Å². The minimum absolute atomic E-state index is 0.163. The molecule has 0 aliphatic carbocycles. The molecule has 0 saturated heterocycles. The van der Waals surface area contributed by atoms with Crippen molar-refractivity contribution in [2.24, 2.45) is 0 Å². The zero-order valence-corrected chi connectivity index (χ0v) is 14.6. The first-order valence-corrected chi connectivity index (χ1v) is 8.41. The van der Waals surface area contributed by atoms with Gasteiger partial charge in [-0.3, -0.25) is 0 Å². The molecule has 3 aromatic carbocycles. The summed E-state index contributed by atoms with van der Waals surface area (Å²) in [5.74, 6) is -0.635. The number of hydrogen-bond acceptors (Lipinski definition) is 3. The fraction of sp³-hybridized carbons (Fsp3) is 0.136. The van der Waals surface area contributed by atoms with Crippen molar-refractivity contribution < 1.29 is 14.6 Å². The Bertz CT molecular complexity index is 822. The van der Waals surface area contributed by atoms with Crippen LogP contribution in [-0.4, -0.2) is 18.2 Å². The molecule has 3 aromatic rings. The van der Waals surface area contributed by atoms with Crippen LogP contribution in [-0.2, 0) is 13.1 Å². The molecule has 0 amide bonds. The molecule has 0 aromatic heterocycles. The third-order valence-corrected chi connectivity index (χ3v) is 4.21.